The van der Waals surface area contributed by atoms with Crippen LogP contribution in [0.1, 0.15) is 18.9 Å². The minimum Gasteiger partial charge on any atom is -0.398 e. The van der Waals surface area contributed by atoms with Crippen LogP contribution in [0.3, 0.4) is 0 Å². The van der Waals surface area contributed by atoms with E-state index in [9.17, 15) is 0 Å². The Morgan fingerprint density at radius 2 is 2.07 bits per heavy atom. The lowest BCUT2D eigenvalue weighted by atomic mass is 10.1. The first-order chi connectivity index (χ1) is 7.20. The number of aliphatic hydroxyl groups excluding tert-OH is 1. The van der Waals surface area contributed by atoms with E-state index in [0.29, 0.717) is 6.54 Å². The average molecular weight is 208 g/mol. The molecule has 3 heteroatoms. The summed E-state index contributed by atoms with van der Waals surface area (Å²) >= 11 is 0. The quantitative estimate of drug-likeness (QED) is 0.725. The van der Waals surface area contributed by atoms with Crippen LogP contribution in [0.4, 0.5) is 11.4 Å². The van der Waals surface area contributed by atoms with Crippen molar-refractivity contribution >= 4 is 11.4 Å². The number of aliphatic hydroxyl groups is 1. The van der Waals surface area contributed by atoms with Crippen molar-refractivity contribution in [1.29, 1.82) is 0 Å². The van der Waals surface area contributed by atoms with Crippen molar-refractivity contribution in [3.63, 3.8) is 0 Å². The first-order valence-corrected chi connectivity index (χ1v) is 5.41. The molecule has 1 aromatic rings. The molecule has 0 fully saturated rings. The molecule has 0 unspecified atom stereocenters. The number of nitrogen functional groups attached to an aromatic ring is 1. The topological polar surface area (TPSA) is 49.5 Å². The Kier molecular flexibility index (Phi) is 4.43. The molecule has 15 heavy (non-hydrogen) atoms. The van der Waals surface area contributed by atoms with Gasteiger partial charge in [-0.25, -0.2) is 0 Å². The third-order valence-corrected chi connectivity index (χ3v) is 2.55. The van der Waals surface area contributed by atoms with E-state index in [1.165, 1.54) is 0 Å². The number of rotatable bonds is 5. The van der Waals surface area contributed by atoms with Gasteiger partial charge in [-0.1, -0.05) is 13.0 Å². The number of anilines is 2. The van der Waals surface area contributed by atoms with Crippen LogP contribution in [0.25, 0.3) is 0 Å². The molecule has 3 N–H and O–H groups in total. The predicted octanol–water partition coefficient (Wildman–Crippen LogP) is 1.79. The van der Waals surface area contributed by atoms with E-state index >= 15 is 0 Å². The first-order valence-electron chi connectivity index (χ1n) is 5.41. The van der Waals surface area contributed by atoms with E-state index in [4.69, 9.17) is 10.8 Å². The second-order valence-corrected chi connectivity index (χ2v) is 3.70. The lowest BCUT2D eigenvalue weighted by Crippen LogP contribution is -2.28. The van der Waals surface area contributed by atoms with Crippen LogP contribution in [0.5, 0.6) is 0 Å². The van der Waals surface area contributed by atoms with Crippen LogP contribution in [-0.2, 0) is 0 Å². The standard InChI is InChI=1S/C12H20N2O/c1-3-7-14(8-9-15)12-6-4-5-11(13)10(12)2/h4-6,15H,3,7-9,13H2,1-2H3. The van der Waals surface area contributed by atoms with E-state index in [1.54, 1.807) is 0 Å². The molecule has 0 spiro atoms. The van der Waals surface area contributed by atoms with Gasteiger partial charge in [0, 0.05) is 24.5 Å². The fourth-order valence-corrected chi connectivity index (χ4v) is 1.73. The van der Waals surface area contributed by atoms with Gasteiger partial charge < -0.3 is 15.7 Å². The number of nitrogens with two attached hydrogens (primary N) is 1. The summed E-state index contributed by atoms with van der Waals surface area (Å²) in [6, 6.07) is 5.91. The summed E-state index contributed by atoms with van der Waals surface area (Å²) in [4.78, 5) is 2.17. The Bertz CT molecular complexity index is 306. The summed E-state index contributed by atoms with van der Waals surface area (Å²) < 4.78 is 0. The maximum absolute atomic E-state index is 9.01. The molecular formula is C12H20N2O. The van der Waals surface area contributed by atoms with E-state index in [-0.39, 0.29) is 6.61 Å². The van der Waals surface area contributed by atoms with Crippen LogP contribution in [-0.4, -0.2) is 24.8 Å². The van der Waals surface area contributed by atoms with Gasteiger partial charge in [0.25, 0.3) is 0 Å². The maximum atomic E-state index is 9.01. The molecule has 0 heterocycles. The normalized spacial score (nSPS) is 10.3. The summed E-state index contributed by atoms with van der Waals surface area (Å²) in [7, 11) is 0. The molecule has 0 atom stereocenters. The Balaban J connectivity index is 2.94. The predicted molar refractivity (Wildman–Crippen MR) is 65.2 cm³/mol. The van der Waals surface area contributed by atoms with E-state index in [0.717, 1.165) is 29.9 Å². The Hall–Kier alpha value is -1.22. The van der Waals surface area contributed by atoms with Gasteiger partial charge in [-0.05, 0) is 31.0 Å². The Morgan fingerprint density at radius 3 is 2.67 bits per heavy atom. The molecule has 0 aliphatic heterocycles. The molecule has 0 saturated carbocycles. The molecule has 0 amide bonds. The van der Waals surface area contributed by atoms with Crippen LogP contribution in [0, 0.1) is 6.92 Å². The summed E-state index contributed by atoms with van der Waals surface area (Å²) in [6.45, 7) is 5.94. The first kappa shape index (κ1) is 11.9. The highest BCUT2D eigenvalue weighted by molar-refractivity contribution is 5.64. The molecule has 3 nitrogen and oxygen atoms in total. The summed E-state index contributed by atoms with van der Waals surface area (Å²) in [5.74, 6) is 0. The van der Waals surface area contributed by atoms with Gasteiger partial charge in [0.2, 0.25) is 0 Å². The molecule has 0 aliphatic rings. The lowest BCUT2D eigenvalue weighted by molar-refractivity contribution is 0.302. The summed E-state index contributed by atoms with van der Waals surface area (Å²) in [5.41, 5.74) is 8.90. The van der Waals surface area contributed by atoms with Crippen LogP contribution < -0.4 is 10.6 Å². The summed E-state index contributed by atoms with van der Waals surface area (Å²) in [5, 5.41) is 9.01. The molecule has 84 valence electrons. The van der Waals surface area contributed by atoms with Gasteiger partial charge in [0.05, 0.1) is 6.61 Å². The van der Waals surface area contributed by atoms with Gasteiger partial charge in [0.1, 0.15) is 0 Å². The number of hydrogen-bond donors (Lipinski definition) is 2. The lowest BCUT2D eigenvalue weighted by Gasteiger charge is -2.25. The van der Waals surface area contributed by atoms with Crippen LogP contribution in [0.15, 0.2) is 18.2 Å². The maximum Gasteiger partial charge on any atom is 0.0606 e. The van der Waals surface area contributed by atoms with Crippen molar-refractivity contribution in [3.05, 3.63) is 23.8 Å². The van der Waals surface area contributed by atoms with Gasteiger partial charge in [0.15, 0.2) is 0 Å². The summed E-state index contributed by atoms with van der Waals surface area (Å²) in [6.07, 6.45) is 1.06. The smallest absolute Gasteiger partial charge is 0.0606 e. The molecular weight excluding hydrogens is 188 g/mol. The minimum absolute atomic E-state index is 0.175. The molecule has 1 rings (SSSR count). The average Bonchev–Trinajstić information content (AvgIpc) is 2.22. The van der Waals surface area contributed by atoms with Crippen molar-refractivity contribution in [1.82, 2.24) is 0 Å². The van der Waals surface area contributed by atoms with E-state index < -0.39 is 0 Å². The van der Waals surface area contributed by atoms with Gasteiger partial charge in [-0.3, -0.25) is 0 Å². The second kappa shape index (κ2) is 5.61. The van der Waals surface area contributed by atoms with Crippen molar-refractivity contribution in [2.75, 3.05) is 30.3 Å². The monoisotopic (exact) mass is 208 g/mol. The highest BCUT2D eigenvalue weighted by Crippen LogP contribution is 2.24. The molecule has 0 radical (unpaired) electrons. The number of nitrogens with zero attached hydrogens (tertiary/aromatic N) is 1. The zero-order valence-corrected chi connectivity index (χ0v) is 9.53. The zero-order valence-electron chi connectivity index (χ0n) is 9.53. The van der Waals surface area contributed by atoms with Crippen LogP contribution >= 0.6 is 0 Å². The van der Waals surface area contributed by atoms with Crippen molar-refractivity contribution in [2.45, 2.75) is 20.3 Å². The molecule has 1 aromatic carbocycles. The van der Waals surface area contributed by atoms with Crippen molar-refractivity contribution < 1.29 is 5.11 Å². The largest absolute Gasteiger partial charge is 0.398 e. The number of hydrogen-bond acceptors (Lipinski definition) is 3. The third-order valence-electron chi connectivity index (χ3n) is 2.55. The highest BCUT2D eigenvalue weighted by atomic mass is 16.3. The fourth-order valence-electron chi connectivity index (χ4n) is 1.73. The highest BCUT2D eigenvalue weighted by Gasteiger charge is 2.08. The molecule has 0 aliphatic carbocycles. The molecule has 0 aromatic heterocycles. The molecule has 0 bridgehead atoms. The second-order valence-electron chi connectivity index (χ2n) is 3.70. The van der Waals surface area contributed by atoms with Crippen LogP contribution in [0.2, 0.25) is 0 Å². The molecule has 0 saturated heterocycles. The minimum atomic E-state index is 0.175. The number of benzene rings is 1. The Labute approximate surface area is 91.5 Å². The van der Waals surface area contributed by atoms with Crippen molar-refractivity contribution in [3.8, 4) is 0 Å². The van der Waals surface area contributed by atoms with Gasteiger partial charge >= 0.3 is 0 Å². The van der Waals surface area contributed by atoms with E-state index in [1.807, 2.05) is 19.1 Å². The fraction of sp³-hybridized carbons (Fsp3) is 0.500. The SMILES string of the molecule is CCCN(CCO)c1cccc(N)c1C. The van der Waals surface area contributed by atoms with Crippen molar-refractivity contribution in [2.24, 2.45) is 0 Å². The zero-order chi connectivity index (χ0) is 11.3. The van der Waals surface area contributed by atoms with Gasteiger partial charge in [-0.2, -0.15) is 0 Å². The van der Waals surface area contributed by atoms with E-state index in [2.05, 4.69) is 17.9 Å². The Morgan fingerprint density at radius 1 is 1.33 bits per heavy atom. The third kappa shape index (κ3) is 2.86. The van der Waals surface area contributed by atoms with Gasteiger partial charge in [-0.15, -0.1) is 0 Å².